The third-order valence-electron chi connectivity index (χ3n) is 3.50. The number of halogens is 1. The van der Waals surface area contributed by atoms with Crippen LogP contribution in [0.25, 0.3) is 0 Å². The molecule has 1 fully saturated rings. The summed E-state index contributed by atoms with van der Waals surface area (Å²) in [6.45, 7) is 1.64. The third-order valence-corrected chi connectivity index (χ3v) is 3.99. The van der Waals surface area contributed by atoms with E-state index in [-0.39, 0.29) is 5.69 Å². The van der Waals surface area contributed by atoms with Crippen molar-refractivity contribution in [2.45, 2.75) is 25.3 Å². The van der Waals surface area contributed by atoms with Crippen molar-refractivity contribution in [1.29, 1.82) is 0 Å². The molecule has 1 unspecified atom stereocenters. The molecule has 1 aromatic carbocycles. The Hall–Kier alpha value is -1.14. The Bertz CT molecular complexity index is 467. The van der Waals surface area contributed by atoms with Gasteiger partial charge in [0.25, 0.3) is 0 Å². The maximum atomic E-state index is 10.9. The molecule has 1 heterocycles. The molecule has 5 nitrogen and oxygen atoms in total. The number of rotatable bonds is 5. The quantitative estimate of drug-likeness (QED) is 0.615. The lowest BCUT2D eigenvalue weighted by Gasteiger charge is -2.19. The van der Waals surface area contributed by atoms with Crippen LogP contribution in [0.4, 0.5) is 5.69 Å². The molecular formula is C13H17BrN2O3. The second-order valence-electron chi connectivity index (χ2n) is 4.78. The fraction of sp³-hybridized carbons (Fsp3) is 0.538. The highest BCUT2D eigenvalue weighted by molar-refractivity contribution is 9.10. The molecule has 19 heavy (non-hydrogen) atoms. The Morgan fingerprint density at radius 1 is 1.58 bits per heavy atom. The van der Waals surface area contributed by atoms with E-state index < -0.39 is 4.92 Å². The smallest absolute Gasteiger partial charge is 0.312 e. The van der Waals surface area contributed by atoms with E-state index >= 15 is 0 Å². The highest BCUT2D eigenvalue weighted by Gasteiger charge is 2.21. The normalized spacial score (nSPS) is 19.6. The molecule has 1 aliphatic rings. The molecule has 0 amide bonds. The van der Waals surface area contributed by atoms with Crippen LogP contribution in [-0.4, -0.2) is 36.1 Å². The monoisotopic (exact) mass is 328 g/mol. The molecule has 104 valence electrons. The highest BCUT2D eigenvalue weighted by atomic mass is 79.9. The number of likely N-dealkylation sites (tertiary alicyclic amines) is 1. The van der Waals surface area contributed by atoms with Crippen molar-refractivity contribution in [1.82, 2.24) is 4.90 Å². The van der Waals surface area contributed by atoms with E-state index in [2.05, 4.69) is 27.9 Å². The van der Waals surface area contributed by atoms with Crippen LogP contribution in [0.2, 0.25) is 0 Å². The molecule has 1 atom stereocenters. The highest BCUT2D eigenvalue weighted by Crippen LogP contribution is 2.30. The molecule has 1 aromatic rings. The molecule has 0 aromatic heterocycles. The van der Waals surface area contributed by atoms with Crippen LogP contribution in [-0.2, 0) is 0 Å². The minimum Gasteiger partial charge on any atom is -0.487 e. The van der Waals surface area contributed by atoms with E-state index in [0.717, 1.165) is 13.0 Å². The number of ether oxygens (including phenoxy) is 1. The van der Waals surface area contributed by atoms with E-state index in [0.29, 0.717) is 22.9 Å². The van der Waals surface area contributed by atoms with Gasteiger partial charge in [0.2, 0.25) is 0 Å². The fourth-order valence-electron chi connectivity index (χ4n) is 2.40. The topological polar surface area (TPSA) is 55.6 Å². The molecule has 1 aliphatic heterocycles. The van der Waals surface area contributed by atoms with Crippen molar-refractivity contribution in [2.24, 2.45) is 0 Å². The van der Waals surface area contributed by atoms with Gasteiger partial charge in [0.1, 0.15) is 0 Å². The second kappa shape index (κ2) is 6.34. The van der Waals surface area contributed by atoms with E-state index in [4.69, 9.17) is 4.74 Å². The van der Waals surface area contributed by atoms with Crippen molar-refractivity contribution < 1.29 is 9.66 Å². The summed E-state index contributed by atoms with van der Waals surface area (Å²) < 4.78 is 6.26. The predicted octanol–water partition coefficient (Wildman–Crippen LogP) is 3.22. The van der Waals surface area contributed by atoms with Gasteiger partial charge in [-0.15, -0.1) is 0 Å². The zero-order valence-corrected chi connectivity index (χ0v) is 12.4. The lowest BCUT2D eigenvalue weighted by molar-refractivity contribution is -0.385. The summed E-state index contributed by atoms with van der Waals surface area (Å²) in [5.74, 6) is 0.342. The van der Waals surface area contributed by atoms with Crippen molar-refractivity contribution in [3.63, 3.8) is 0 Å². The molecule has 6 heteroatoms. The summed E-state index contributed by atoms with van der Waals surface area (Å²) in [5, 5.41) is 10.9. The number of nitrogens with zero attached hydrogens (tertiary/aromatic N) is 2. The average molecular weight is 329 g/mol. The Labute approximate surface area is 120 Å². The first kappa shape index (κ1) is 14.3. The van der Waals surface area contributed by atoms with Gasteiger partial charge in [-0.1, -0.05) is 15.9 Å². The Morgan fingerprint density at radius 3 is 3.00 bits per heavy atom. The summed E-state index contributed by atoms with van der Waals surface area (Å²) in [6, 6.07) is 5.40. The van der Waals surface area contributed by atoms with Crippen LogP contribution in [0.3, 0.4) is 0 Å². The molecule has 2 rings (SSSR count). The van der Waals surface area contributed by atoms with Gasteiger partial charge in [-0.3, -0.25) is 10.1 Å². The van der Waals surface area contributed by atoms with E-state index in [1.807, 2.05) is 0 Å². The fourth-order valence-corrected chi connectivity index (χ4v) is 2.75. The third kappa shape index (κ3) is 3.67. The Morgan fingerprint density at radius 2 is 2.37 bits per heavy atom. The largest absolute Gasteiger partial charge is 0.487 e. The summed E-state index contributed by atoms with van der Waals surface area (Å²) in [5.41, 5.74) is 0.00847. The molecule has 0 N–H and O–H groups in total. The number of benzene rings is 1. The van der Waals surface area contributed by atoms with E-state index in [9.17, 15) is 10.1 Å². The number of nitro groups is 1. The molecule has 1 saturated heterocycles. The number of hydrogen-bond acceptors (Lipinski definition) is 4. The standard InChI is InChI=1S/C13H17BrN2O3/c1-15-7-2-3-11(15)6-8-19-13-5-4-10(14)9-12(13)16(17)18/h4-5,9,11H,2-3,6-8H2,1H3. The van der Waals surface area contributed by atoms with Gasteiger partial charge >= 0.3 is 5.69 Å². The maximum Gasteiger partial charge on any atom is 0.312 e. The van der Waals surface area contributed by atoms with Gasteiger partial charge in [0, 0.05) is 16.6 Å². The van der Waals surface area contributed by atoms with E-state index in [1.165, 1.54) is 18.9 Å². The molecule has 0 aliphatic carbocycles. The lowest BCUT2D eigenvalue weighted by Crippen LogP contribution is -2.26. The molecular weight excluding hydrogens is 312 g/mol. The summed E-state index contributed by atoms with van der Waals surface area (Å²) in [6.07, 6.45) is 3.31. The van der Waals surface area contributed by atoms with Gasteiger partial charge in [-0.2, -0.15) is 0 Å². The van der Waals surface area contributed by atoms with Crippen LogP contribution in [0, 0.1) is 10.1 Å². The van der Waals surface area contributed by atoms with Gasteiger partial charge in [0.05, 0.1) is 11.5 Å². The lowest BCUT2D eigenvalue weighted by atomic mass is 10.1. The van der Waals surface area contributed by atoms with Crippen LogP contribution in [0.5, 0.6) is 5.75 Å². The maximum absolute atomic E-state index is 10.9. The Kier molecular flexibility index (Phi) is 4.76. The summed E-state index contributed by atoms with van der Waals surface area (Å²) >= 11 is 3.23. The summed E-state index contributed by atoms with van der Waals surface area (Å²) in [7, 11) is 2.11. The van der Waals surface area contributed by atoms with Gasteiger partial charge < -0.3 is 9.64 Å². The van der Waals surface area contributed by atoms with Crippen molar-refractivity contribution in [2.75, 3.05) is 20.2 Å². The van der Waals surface area contributed by atoms with Crippen LogP contribution in [0.1, 0.15) is 19.3 Å². The minimum absolute atomic E-state index is 0.00847. The van der Waals surface area contributed by atoms with Crippen LogP contribution in [0.15, 0.2) is 22.7 Å². The molecule has 0 bridgehead atoms. The molecule has 0 radical (unpaired) electrons. The first-order chi connectivity index (χ1) is 9.08. The Balaban J connectivity index is 1.94. The predicted molar refractivity (Wildman–Crippen MR) is 76.6 cm³/mol. The van der Waals surface area contributed by atoms with Gasteiger partial charge in [-0.05, 0) is 45.0 Å². The van der Waals surface area contributed by atoms with E-state index in [1.54, 1.807) is 12.1 Å². The van der Waals surface area contributed by atoms with Crippen molar-refractivity contribution in [3.05, 3.63) is 32.8 Å². The second-order valence-corrected chi connectivity index (χ2v) is 5.70. The number of nitro benzene ring substituents is 1. The molecule has 0 saturated carbocycles. The zero-order valence-electron chi connectivity index (χ0n) is 10.8. The minimum atomic E-state index is -0.415. The van der Waals surface area contributed by atoms with Gasteiger partial charge in [0.15, 0.2) is 5.75 Å². The van der Waals surface area contributed by atoms with Crippen LogP contribution >= 0.6 is 15.9 Å². The number of hydrogen-bond donors (Lipinski definition) is 0. The van der Waals surface area contributed by atoms with Crippen molar-refractivity contribution in [3.8, 4) is 5.75 Å². The van der Waals surface area contributed by atoms with Gasteiger partial charge in [-0.25, -0.2) is 0 Å². The summed E-state index contributed by atoms with van der Waals surface area (Å²) in [4.78, 5) is 12.8. The van der Waals surface area contributed by atoms with Crippen molar-refractivity contribution >= 4 is 21.6 Å². The SMILES string of the molecule is CN1CCCC1CCOc1ccc(Br)cc1[N+](=O)[O-]. The average Bonchev–Trinajstić information content (AvgIpc) is 2.77. The van der Waals surface area contributed by atoms with Crippen LogP contribution < -0.4 is 4.74 Å². The first-order valence-electron chi connectivity index (χ1n) is 6.35. The first-order valence-corrected chi connectivity index (χ1v) is 7.14. The zero-order chi connectivity index (χ0) is 13.8. The molecule has 0 spiro atoms.